The summed E-state index contributed by atoms with van der Waals surface area (Å²) < 4.78 is 45.3. The number of alkyl halides is 1. The number of aliphatic carboxylic acids is 1. The van der Waals surface area contributed by atoms with Gasteiger partial charge in [-0.15, -0.1) is 0 Å². The minimum absolute atomic E-state index is 0.0361. The number of carbonyl (C=O) groups is 2. The highest BCUT2D eigenvalue weighted by Crippen LogP contribution is 2.32. The van der Waals surface area contributed by atoms with Crippen LogP contribution >= 0.6 is 0 Å². The molecule has 3 aromatic carbocycles. The number of nitrogens with one attached hydrogen (secondary N) is 1. The molecule has 0 heterocycles. The Kier molecular flexibility index (Phi) is 9.87. The van der Waals surface area contributed by atoms with E-state index in [2.05, 4.69) is 5.32 Å². The number of carboxylic acids is 1. The number of amides is 1. The molecule has 2 N–H and O–H groups in total. The third-order valence-electron chi connectivity index (χ3n) is 5.56. The summed E-state index contributed by atoms with van der Waals surface area (Å²) in [6.07, 6.45) is -0.863. The first kappa shape index (κ1) is 29.4. The summed E-state index contributed by atoms with van der Waals surface area (Å²) >= 11 is 0. The fourth-order valence-electron chi connectivity index (χ4n) is 3.92. The molecule has 1 amide bonds. The van der Waals surface area contributed by atoms with Crippen molar-refractivity contribution in [1.29, 1.82) is 0 Å². The summed E-state index contributed by atoms with van der Waals surface area (Å²) in [5.74, 6) is -0.790. The van der Waals surface area contributed by atoms with Crippen molar-refractivity contribution in [3.8, 4) is 22.6 Å². The van der Waals surface area contributed by atoms with Crippen LogP contribution in [0.2, 0.25) is 0 Å². The molecule has 0 saturated carbocycles. The summed E-state index contributed by atoms with van der Waals surface area (Å²) in [4.78, 5) is 23.4. The van der Waals surface area contributed by atoms with E-state index >= 15 is 4.39 Å². The van der Waals surface area contributed by atoms with Gasteiger partial charge in [-0.25, -0.2) is 13.6 Å². The van der Waals surface area contributed by atoms with Crippen LogP contribution in [0, 0.1) is 5.82 Å². The molecule has 39 heavy (non-hydrogen) atoms. The number of ether oxygens (including phenoxy) is 3. The van der Waals surface area contributed by atoms with Gasteiger partial charge in [-0.1, -0.05) is 36.4 Å². The summed E-state index contributed by atoms with van der Waals surface area (Å²) in [5, 5.41) is 11.8. The van der Waals surface area contributed by atoms with Crippen LogP contribution in [-0.2, 0) is 22.6 Å². The number of rotatable bonds is 11. The van der Waals surface area contributed by atoms with Crippen LogP contribution in [-0.4, -0.2) is 36.1 Å². The second-order valence-corrected chi connectivity index (χ2v) is 9.95. The molecular weight excluding hydrogens is 508 g/mol. The van der Waals surface area contributed by atoms with Gasteiger partial charge in [0.1, 0.15) is 42.8 Å². The van der Waals surface area contributed by atoms with Gasteiger partial charge in [0.15, 0.2) is 0 Å². The van der Waals surface area contributed by atoms with Crippen molar-refractivity contribution in [1.82, 2.24) is 5.32 Å². The molecule has 0 spiro atoms. The Bertz CT molecular complexity index is 1300. The Morgan fingerprint density at radius 3 is 2.46 bits per heavy atom. The van der Waals surface area contributed by atoms with E-state index < -0.39 is 36.2 Å². The number of hydrogen-bond acceptors (Lipinski definition) is 5. The molecule has 1 unspecified atom stereocenters. The van der Waals surface area contributed by atoms with Gasteiger partial charge in [0.25, 0.3) is 0 Å². The number of para-hydroxylation sites is 1. The van der Waals surface area contributed by atoms with Crippen molar-refractivity contribution in [2.75, 3.05) is 13.3 Å². The van der Waals surface area contributed by atoms with Gasteiger partial charge in [-0.2, -0.15) is 0 Å². The predicted octanol–water partition coefficient (Wildman–Crippen LogP) is 6.63. The third kappa shape index (κ3) is 8.70. The van der Waals surface area contributed by atoms with E-state index in [1.54, 1.807) is 88.4 Å². The lowest BCUT2D eigenvalue weighted by Gasteiger charge is -2.22. The molecule has 7 nitrogen and oxygen atoms in total. The fourth-order valence-corrected chi connectivity index (χ4v) is 3.92. The molecule has 9 heteroatoms. The minimum atomic E-state index is -0.985. The Morgan fingerprint density at radius 1 is 1.03 bits per heavy atom. The lowest BCUT2D eigenvalue weighted by Crippen LogP contribution is -2.34. The summed E-state index contributed by atoms with van der Waals surface area (Å²) in [5.41, 5.74) is 1.40. The zero-order valence-electron chi connectivity index (χ0n) is 22.4. The average molecular weight is 542 g/mol. The molecule has 0 aromatic heterocycles. The highest BCUT2D eigenvalue weighted by molar-refractivity contribution is 5.71. The number of hydrogen-bond donors (Lipinski definition) is 2. The van der Waals surface area contributed by atoms with Crippen LogP contribution in [0.5, 0.6) is 11.5 Å². The van der Waals surface area contributed by atoms with Crippen molar-refractivity contribution in [2.24, 2.45) is 0 Å². The monoisotopic (exact) mass is 541 g/mol. The minimum Gasteiger partial charge on any atom is -0.491 e. The van der Waals surface area contributed by atoms with E-state index in [-0.39, 0.29) is 30.8 Å². The van der Waals surface area contributed by atoms with Crippen molar-refractivity contribution in [3.05, 3.63) is 83.2 Å². The van der Waals surface area contributed by atoms with E-state index in [9.17, 15) is 19.1 Å². The van der Waals surface area contributed by atoms with Crippen LogP contribution < -0.4 is 14.8 Å². The lowest BCUT2D eigenvalue weighted by molar-refractivity contribution is -0.136. The highest BCUT2D eigenvalue weighted by atomic mass is 19.1. The second kappa shape index (κ2) is 13.1. The van der Waals surface area contributed by atoms with Crippen LogP contribution in [0.3, 0.4) is 0 Å². The van der Waals surface area contributed by atoms with E-state index in [1.807, 2.05) is 0 Å². The van der Waals surface area contributed by atoms with E-state index in [0.29, 0.717) is 28.2 Å². The van der Waals surface area contributed by atoms with E-state index in [0.717, 1.165) is 0 Å². The molecule has 3 aromatic rings. The first-order valence-electron chi connectivity index (χ1n) is 12.5. The standard InChI is InChI=1S/C30H33F2NO6/c1-19(33-29(36)39-30(2,3)4)24-9-7-10-25(28(24)32)22-14-20(15-23(16-22)37-13-12-31)18-38-26-11-6-5-8-21(26)17-27(34)35/h5-11,14-16,19H,12-13,17-18H2,1-4H3,(H,33,36)(H,34,35). The maximum atomic E-state index is 15.8. The van der Waals surface area contributed by atoms with Gasteiger partial charge < -0.3 is 24.6 Å². The maximum absolute atomic E-state index is 15.8. The smallest absolute Gasteiger partial charge is 0.408 e. The van der Waals surface area contributed by atoms with Gasteiger partial charge in [0, 0.05) is 16.7 Å². The molecule has 208 valence electrons. The Morgan fingerprint density at radius 2 is 1.77 bits per heavy atom. The van der Waals surface area contributed by atoms with Crippen LogP contribution in [0.25, 0.3) is 11.1 Å². The number of carboxylic acid groups (broad SMARTS) is 1. The molecule has 0 saturated heterocycles. The van der Waals surface area contributed by atoms with Crippen molar-refractivity contribution >= 4 is 12.1 Å². The van der Waals surface area contributed by atoms with Crippen LogP contribution in [0.4, 0.5) is 13.6 Å². The van der Waals surface area contributed by atoms with Crippen LogP contribution in [0.15, 0.2) is 60.7 Å². The van der Waals surface area contributed by atoms with Gasteiger partial charge in [-0.3, -0.25) is 4.79 Å². The fraction of sp³-hybridized carbons (Fsp3) is 0.333. The second-order valence-electron chi connectivity index (χ2n) is 9.95. The summed E-state index contributed by atoms with van der Waals surface area (Å²) in [6.45, 7) is 6.03. The molecule has 0 aliphatic carbocycles. The molecule has 0 aliphatic rings. The Labute approximate surface area is 226 Å². The molecule has 1 atom stereocenters. The molecule has 3 rings (SSSR count). The maximum Gasteiger partial charge on any atom is 0.408 e. The quantitative estimate of drug-likeness (QED) is 0.283. The van der Waals surface area contributed by atoms with Crippen LogP contribution in [0.1, 0.15) is 50.4 Å². The number of benzene rings is 3. The van der Waals surface area contributed by atoms with Gasteiger partial charge in [0.05, 0.1) is 12.5 Å². The Hall–Kier alpha value is -4.14. The topological polar surface area (TPSA) is 94.1 Å². The SMILES string of the molecule is CC(NC(=O)OC(C)(C)C)c1cccc(-c2cc(COc3ccccc3CC(=O)O)cc(OCCF)c2)c1F. The molecule has 0 fully saturated rings. The van der Waals surface area contributed by atoms with Crippen molar-refractivity contribution in [3.63, 3.8) is 0 Å². The highest BCUT2D eigenvalue weighted by Gasteiger charge is 2.21. The normalized spacial score (nSPS) is 11.9. The summed E-state index contributed by atoms with van der Waals surface area (Å²) in [6, 6.07) is 16.0. The molecule has 0 radical (unpaired) electrons. The first-order valence-corrected chi connectivity index (χ1v) is 12.5. The number of alkyl carbamates (subject to hydrolysis) is 1. The first-order chi connectivity index (χ1) is 18.5. The molecular formula is C30H33F2NO6. The van der Waals surface area contributed by atoms with E-state index in [1.165, 1.54) is 0 Å². The lowest BCUT2D eigenvalue weighted by atomic mass is 9.97. The molecule has 0 bridgehead atoms. The molecule has 0 aliphatic heterocycles. The van der Waals surface area contributed by atoms with Gasteiger partial charge in [0.2, 0.25) is 0 Å². The van der Waals surface area contributed by atoms with Gasteiger partial charge >= 0.3 is 12.1 Å². The van der Waals surface area contributed by atoms with E-state index in [4.69, 9.17) is 14.2 Å². The zero-order chi connectivity index (χ0) is 28.6. The third-order valence-corrected chi connectivity index (χ3v) is 5.56. The average Bonchev–Trinajstić information content (AvgIpc) is 2.85. The Balaban J connectivity index is 1.90. The van der Waals surface area contributed by atoms with Gasteiger partial charge in [-0.05, 0) is 63.1 Å². The zero-order valence-corrected chi connectivity index (χ0v) is 22.4. The predicted molar refractivity (Wildman–Crippen MR) is 143 cm³/mol. The van der Waals surface area contributed by atoms with Crippen molar-refractivity contribution in [2.45, 2.75) is 52.4 Å². The number of carbonyl (C=O) groups excluding carboxylic acids is 1. The number of halogens is 2. The largest absolute Gasteiger partial charge is 0.491 e. The van der Waals surface area contributed by atoms with Crippen molar-refractivity contribution < 1.29 is 37.7 Å². The summed E-state index contributed by atoms with van der Waals surface area (Å²) in [7, 11) is 0.